The Hall–Kier alpha value is -7.23. The molecule has 21 heteroatoms. The predicted octanol–water partition coefficient (Wildman–Crippen LogP) is 7.87. The van der Waals surface area contributed by atoms with Gasteiger partial charge in [-0.05, 0) is 112 Å². The molecule has 1 aliphatic heterocycles. The lowest BCUT2D eigenvalue weighted by Crippen LogP contribution is -2.59. The van der Waals surface area contributed by atoms with E-state index < -0.39 is 78.3 Å². The van der Waals surface area contributed by atoms with Crippen LogP contribution in [-0.2, 0) is 67.2 Å². The number of amides is 8. The maximum absolute atomic E-state index is 14.6. The normalized spacial score (nSPS) is 16.6. The molecule has 7 N–H and O–H groups in total. The van der Waals surface area contributed by atoms with E-state index >= 15 is 0 Å². The van der Waals surface area contributed by atoms with E-state index in [1.165, 1.54) is 7.11 Å². The number of hydrogen-bond donors (Lipinski definition) is 6. The van der Waals surface area contributed by atoms with Gasteiger partial charge in [-0.3, -0.25) is 38.5 Å². The molecule has 1 saturated heterocycles. The highest BCUT2D eigenvalue weighted by molar-refractivity contribution is 5.97. The summed E-state index contributed by atoms with van der Waals surface area (Å²) in [6.07, 6.45) is 1.54. The molecule has 1 fully saturated rings. The third-order valence-electron chi connectivity index (χ3n) is 17.4. The first-order valence-electron chi connectivity index (χ1n) is 32.1. The summed E-state index contributed by atoms with van der Waals surface area (Å²) in [7, 11) is 8.47. The van der Waals surface area contributed by atoms with E-state index in [2.05, 4.69) is 26.6 Å². The summed E-state index contributed by atoms with van der Waals surface area (Å²) in [6.45, 7) is 17.8. The summed E-state index contributed by atoms with van der Waals surface area (Å²) < 4.78 is 17.6. The Kier molecular flexibility index (Phi) is 31.6. The zero-order valence-corrected chi connectivity index (χ0v) is 55.9. The van der Waals surface area contributed by atoms with Crippen molar-refractivity contribution in [1.82, 2.24) is 36.0 Å². The highest BCUT2D eigenvalue weighted by Crippen LogP contribution is 2.30. The Morgan fingerprint density at radius 2 is 1.30 bits per heavy atom. The summed E-state index contributed by atoms with van der Waals surface area (Å²) in [6, 6.07) is 21.1. The molecule has 0 radical (unpaired) electrons. The smallest absolute Gasteiger partial charge is 0.408 e. The van der Waals surface area contributed by atoms with Gasteiger partial charge in [0.05, 0.1) is 54.8 Å². The van der Waals surface area contributed by atoms with Crippen LogP contribution in [0.25, 0.3) is 0 Å². The monoisotopic (exact) mass is 1250 g/mol. The van der Waals surface area contributed by atoms with Crippen molar-refractivity contribution in [2.24, 2.45) is 41.2 Å². The molecular formula is C69H105N9O12. The van der Waals surface area contributed by atoms with Gasteiger partial charge in [0.15, 0.2) is 11.6 Å². The number of carbonyl (C=O) groups is 9. The van der Waals surface area contributed by atoms with Crippen molar-refractivity contribution in [3.8, 4) is 0 Å². The van der Waals surface area contributed by atoms with E-state index in [-0.39, 0.29) is 104 Å². The molecule has 0 aliphatic carbocycles. The Balaban J connectivity index is 1.42. The number of likely N-dealkylation sites (tertiary alicyclic amines) is 1. The van der Waals surface area contributed by atoms with Crippen LogP contribution in [-0.4, -0.2) is 165 Å². The van der Waals surface area contributed by atoms with Gasteiger partial charge in [-0.1, -0.05) is 142 Å². The standard InChI is InChI=1S/C69H105N9O12/c1-15-46(8)62(77(12)67(85)60(44(4)5)74-66(84)61(45(6)7)76(10)11)57(88-13)41-58(81)78-38-24-31-54(78)63(89-14)47(9)64(82)73-53(39-49-25-18-16-19-26-49)55(79)32-22-29-48-33-35-52(36-34-48)72-65(83)51(30-23-37-71-68(70)86)40-56(80)59(43(2)3)75-69(87)90-42-50-27-20-17-21-28-50/h16-21,25-28,33-36,43-47,51,53-54,57,59-63H,15,22-24,29-32,37-42H2,1-14H3,(H,72,83)(H,73,82)(H,74,84)(H,75,87)(H3,70,71,86)/t46-,47+,51-,53+,54-,57+,59-,60+,61-,62-,63+/m0/s1. The molecule has 3 aromatic rings. The van der Waals surface area contributed by atoms with Crippen molar-refractivity contribution in [3.63, 3.8) is 0 Å². The minimum absolute atomic E-state index is 0.00530. The van der Waals surface area contributed by atoms with Crippen LogP contribution in [0.2, 0.25) is 0 Å². The van der Waals surface area contributed by atoms with Gasteiger partial charge in [0.1, 0.15) is 12.6 Å². The van der Waals surface area contributed by atoms with E-state index in [1.807, 2.05) is 133 Å². The Morgan fingerprint density at radius 3 is 1.86 bits per heavy atom. The topological polar surface area (TPSA) is 277 Å². The lowest BCUT2D eigenvalue weighted by molar-refractivity contribution is -0.148. The summed E-state index contributed by atoms with van der Waals surface area (Å²) in [5, 5.41) is 14.2. The molecule has 3 aromatic carbocycles. The van der Waals surface area contributed by atoms with E-state index in [1.54, 1.807) is 56.9 Å². The minimum atomic E-state index is -0.924. The van der Waals surface area contributed by atoms with Crippen molar-refractivity contribution in [2.75, 3.05) is 53.8 Å². The molecule has 1 aliphatic rings. The largest absolute Gasteiger partial charge is 0.445 e. The number of rotatable bonds is 38. The number of hydrogen-bond acceptors (Lipinski definition) is 13. The first-order valence-corrected chi connectivity index (χ1v) is 32.1. The number of urea groups is 1. The van der Waals surface area contributed by atoms with Crippen molar-refractivity contribution < 1.29 is 57.4 Å². The molecule has 8 amide bonds. The number of aryl methyl sites for hydroxylation is 1. The third kappa shape index (κ3) is 23.2. The van der Waals surface area contributed by atoms with Crippen molar-refractivity contribution in [1.29, 1.82) is 0 Å². The van der Waals surface area contributed by atoms with E-state index in [9.17, 15) is 43.2 Å². The molecule has 498 valence electrons. The summed E-state index contributed by atoms with van der Waals surface area (Å²) in [5.41, 5.74) is 8.31. The third-order valence-corrected chi connectivity index (χ3v) is 17.4. The molecule has 90 heavy (non-hydrogen) atoms. The molecule has 11 atom stereocenters. The van der Waals surface area contributed by atoms with Gasteiger partial charge < -0.3 is 56.3 Å². The van der Waals surface area contributed by atoms with Crippen LogP contribution in [0.4, 0.5) is 15.3 Å². The predicted molar refractivity (Wildman–Crippen MR) is 349 cm³/mol. The van der Waals surface area contributed by atoms with Crippen LogP contribution < -0.4 is 32.3 Å². The maximum Gasteiger partial charge on any atom is 0.408 e. The van der Waals surface area contributed by atoms with Gasteiger partial charge >= 0.3 is 12.1 Å². The van der Waals surface area contributed by atoms with Crippen LogP contribution in [0, 0.1) is 35.5 Å². The van der Waals surface area contributed by atoms with Crippen molar-refractivity contribution in [3.05, 3.63) is 102 Å². The van der Waals surface area contributed by atoms with Crippen LogP contribution in [0.5, 0.6) is 0 Å². The average molecular weight is 1250 g/mol. The number of methoxy groups -OCH3 is 2. The van der Waals surface area contributed by atoms with E-state index in [0.717, 1.165) is 16.7 Å². The van der Waals surface area contributed by atoms with Crippen LogP contribution in [0.1, 0.15) is 137 Å². The number of nitrogens with two attached hydrogens (primary N) is 1. The van der Waals surface area contributed by atoms with Gasteiger partial charge in [0.2, 0.25) is 29.5 Å². The fourth-order valence-corrected chi connectivity index (χ4v) is 12.2. The number of nitrogens with one attached hydrogen (secondary N) is 5. The molecular weight excluding hydrogens is 1150 g/mol. The minimum Gasteiger partial charge on any atom is -0.445 e. The van der Waals surface area contributed by atoms with Crippen LogP contribution >= 0.6 is 0 Å². The quantitative estimate of drug-likeness (QED) is 0.0299. The Morgan fingerprint density at radius 1 is 0.678 bits per heavy atom. The SMILES string of the molecule is CC[C@H](C)[C@@H]([C@@H](CC(=O)N1CCC[C@H]1[C@H](OC)[C@@H](C)C(=O)N[C@H](Cc1ccccc1)C(=O)CCCc1ccc(NC(=O)[C@@H](CCCNC(N)=O)CC(=O)[C@@H](NC(=O)OCc2ccccc2)C(C)C)cc1)OC)N(C)C(=O)[C@H](NC(=O)[C@H](C(C)C)N(C)C)C(C)C. The van der Waals surface area contributed by atoms with Gasteiger partial charge in [-0.25, -0.2) is 9.59 Å². The van der Waals surface area contributed by atoms with Gasteiger partial charge in [0.25, 0.3) is 0 Å². The van der Waals surface area contributed by atoms with Crippen LogP contribution in [0.15, 0.2) is 84.9 Å². The van der Waals surface area contributed by atoms with Crippen molar-refractivity contribution >= 4 is 58.9 Å². The van der Waals surface area contributed by atoms with E-state index in [0.29, 0.717) is 50.8 Å². The first kappa shape index (κ1) is 75.2. The number of anilines is 1. The molecule has 0 unspecified atom stereocenters. The summed E-state index contributed by atoms with van der Waals surface area (Å²) in [4.78, 5) is 129. The molecule has 0 bridgehead atoms. The number of alkyl carbamates (subject to hydrolysis) is 1. The molecule has 0 aromatic heterocycles. The summed E-state index contributed by atoms with van der Waals surface area (Å²) >= 11 is 0. The second-order valence-electron chi connectivity index (χ2n) is 25.5. The molecule has 4 rings (SSSR count). The molecule has 0 spiro atoms. The molecule has 0 saturated carbocycles. The van der Waals surface area contributed by atoms with E-state index in [4.69, 9.17) is 19.9 Å². The highest BCUT2D eigenvalue weighted by Gasteiger charge is 2.44. The fourth-order valence-electron chi connectivity index (χ4n) is 12.2. The van der Waals surface area contributed by atoms with Gasteiger partial charge in [-0.2, -0.15) is 0 Å². The van der Waals surface area contributed by atoms with Crippen LogP contribution in [0.3, 0.4) is 0 Å². The highest BCUT2D eigenvalue weighted by atomic mass is 16.5. The van der Waals surface area contributed by atoms with Gasteiger partial charge in [-0.15, -0.1) is 0 Å². The second-order valence-corrected chi connectivity index (χ2v) is 25.5. The summed E-state index contributed by atoms with van der Waals surface area (Å²) in [5.74, 6) is -4.20. The van der Waals surface area contributed by atoms with Gasteiger partial charge in [0, 0.05) is 58.8 Å². The number of ketones is 2. The lowest BCUT2D eigenvalue weighted by atomic mass is 9.89. The lowest BCUT2D eigenvalue weighted by Gasteiger charge is -2.41. The number of nitrogens with zero attached hydrogens (tertiary/aromatic N) is 3. The number of benzene rings is 3. The Labute approximate surface area is 534 Å². The number of Topliss-reactive ketones (excluding diaryl/α,β-unsaturated/α-hetero) is 2. The zero-order chi connectivity index (χ0) is 66.8. The number of likely N-dealkylation sites (N-methyl/N-ethyl adjacent to an activating group) is 2. The van der Waals surface area contributed by atoms with Crippen molar-refractivity contribution in [2.45, 2.75) is 188 Å². The average Bonchev–Trinajstić information content (AvgIpc) is 1.53. The second kappa shape index (κ2) is 37.8. The maximum atomic E-state index is 14.6. The Bertz CT molecular complexity index is 2760. The number of primary amides is 1. The first-order chi connectivity index (χ1) is 42.7. The molecule has 21 nitrogen and oxygen atoms in total. The fraction of sp³-hybridized carbons (Fsp3) is 0.609. The zero-order valence-electron chi connectivity index (χ0n) is 55.9. The number of ether oxygens (including phenoxy) is 3. The number of carbonyl (C=O) groups excluding carboxylic acids is 9. The molecule has 1 heterocycles.